The van der Waals surface area contributed by atoms with Gasteiger partial charge in [0.1, 0.15) is 6.04 Å². The summed E-state index contributed by atoms with van der Waals surface area (Å²) >= 11 is 0. The number of amides is 1. The van der Waals surface area contributed by atoms with E-state index in [0.717, 1.165) is 31.7 Å². The van der Waals surface area contributed by atoms with Gasteiger partial charge in [-0.05, 0) is 25.7 Å². The molecule has 4 heteroatoms. The monoisotopic (exact) mass is 277 g/mol. The fourth-order valence-corrected chi connectivity index (χ4v) is 2.33. The summed E-state index contributed by atoms with van der Waals surface area (Å²) in [6.45, 7) is 7.45. The van der Waals surface area contributed by atoms with Crippen molar-refractivity contribution in [3.8, 4) is 0 Å². The number of carbonyl (C=O) groups is 1. The van der Waals surface area contributed by atoms with E-state index in [1.807, 2.05) is 49.3 Å². The molecule has 1 N–H and O–H groups in total. The van der Waals surface area contributed by atoms with Crippen LogP contribution in [0.2, 0.25) is 0 Å². The molecule has 20 heavy (non-hydrogen) atoms. The number of carbonyl (C=O) groups excluding carboxylic acids is 1. The van der Waals surface area contributed by atoms with Crippen molar-refractivity contribution in [3.63, 3.8) is 0 Å². The third kappa shape index (κ3) is 4.32. The molecule has 4 nitrogen and oxygen atoms in total. The lowest BCUT2D eigenvalue weighted by Crippen LogP contribution is -2.43. The lowest BCUT2D eigenvalue weighted by Gasteiger charge is -2.32. The van der Waals surface area contributed by atoms with Crippen molar-refractivity contribution in [2.24, 2.45) is 0 Å². The molecule has 0 aliphatic rings. The summed E-state index contributed by atoms with van der Waals surface area (Å²) in [5, 5.41) is 3.08. The molecule has 0 spiro atoms. The highest BCUT2D eigenvalue weighted by Gasteiger charge is 2.27. The van der Waals surface area contributed by atoms with Crippen LogP contribution < -0.4 is 5.32 Å². The van der Waals surface area contributed by atoms with Crippen LogP contribution in [0, 0.1) is 0 Å². The van der Waals surface area contributed by atoms with Crippen molar-refractivity contribution in [2.45, 2.75) is 19.9 Å². The first-order chi connectivity index (χ1) is 9.65. The van der Waals surface area contributed by atoms with Gasteiger partial charge < -0.3 is 10.2 Å². The normalized spacial score (nSPS) is 12.4. The molecule has 0 saturated heterocycles. The highest BCUT2D eigenvalue weighted by Crippen LogP contribution is 2.22. The molecule has 0 fully saturated rings. The first kappa shape index (κ1) is 16.7. The van der Waals surface area contributed by atoms with Crippen molar-refractivity contribution < 1.29 is 4.79 Å². The van der Waals surface area contributed by atoms with E-state index in [2.05, 4.69) is 24.1 Å². The van der Waals surface area contributed by atoms with Crippen LogP contribution in [0.15, 0.2) is 30.3 Å². The Hall–Kier alpha value is -1.39. The van der Waals surface area contributed by atoms with Gasteiger partial charge in [-0.1, -0.05) is 44.2 Å². The maximum Gasteiger partial charge on any atom is 0.244 e. The first-order valence-corrected chi connectivity index (χ1v) is 7.34. The molecule has 1 amide bonds. The zero-order valence-corrected chi connectivity index (χ0v) is 13.1. The second kappa shape index (κ2) is 8.72. The fraction of sp³-hybridized carbons (Fsp3) is 0.562. The average molecular weight is 277 g/mol. The number of nitrogens with zero attached hydrogens (tertiary/aromatic N) is 2. The quantitative estimate of drug-likeness (QED) is 0.786. The molecule has 0 aliphatic heterocycles. The lowest BCUT2D eigenvalue weighted by molar-refractivity contribution is -0.135. The molecule has 112 valence electrons. The molecule has 0 radical (unpaired) electrons. The summed E-state index contributed by atoms with van der Waals surface area (Å²) in [7, 11) is 3.77. The van der Waals surface area contributed by atoms with Gasteiger partial charge in [-0.2, -0.15) is 0 Å². The Labute approximate surface area is 122 Å². The van der Waals surface area contributed by atoms with Crippen LogP contribution in [-0.2, 0) is 4.79 Å². The van der Waals surface area contributed by atoms with Crippen molar-refractivity contribution in [3.05, 3.63) is 35.9 Å². The molecule has 1 atom stereocenters. The van der Waals surface area contributed by atoms with Crippen LogP contribution in [-0.4, -0.2) is 56.0 Å². The number of benzene rings is 1. The molecule has 0 aliphatic carbocycles. The second-order valence-electron chi connectivity index (χ2n) is 4.90. The molecule has 1 aromatic carbocycles. The summed E-state index contributed by atoms with van der Waals surface area (Å²) in [4.78, 5) is 16.8. The summed E-state index contributed by atoms with van der Waals surface area (Å²) in [5.74, 6) is 0.162. The Kier molecular flexibility index (Phi) is 7.26. The van der Waals surface area contributed by atoms with Gasteiger partial charge in [0.15, 0.2) is 0 Å². The Bertz CT molecular complexity index is 390. The minimum absolute atomic E-state index is 0.162. The van der Waals surface area contributed by atoms with Gasteiger partial charge in [0, 0.05) is 20.1 Å². The third-order valence-corrected chi connectivity index (χ3v) is 3.60. The summed E-state index contributed by atoms with van der Waals surface area (Å²) < 4.78 is 0. The second-order valence-corrected chi connectivity index (χ2v) is 4.90. The van der Waals surface area contributed by atoms with Gasteiger partial charge >= 0.3 is 0 Å². The van der Waals surface area contributed by atoms with Crippen LogP contribution in [0.4, 0.5) is 0 Å². The fourth-order valence-electron chi connectivity index (χ4n) is 2.33. The van der Waals surface area contributed by atoms with E-state index in [1.165, 1.54) is 0 Å². The van der Waals surface area contributed by atoms with Gasteiger partial charge in [0.05, 0.1) is 0 Å². The lowest BCUT2D eigenvalue weighted by atomic mass is 10.0. The van der Waals surface area contributed by atoms with Gasteiger partial charge in [-0.25, -0.2) is 0 Å². The van der Waals surface area contributed by atoms with Crippen molar-refractivity contribution >= 4 is 5.91 Å². The number of hydrogen-bond donors (Lipinski definition) is 1. The maximum absolute atomic E-state index is 12.8. The Morgan fingerprint density at radius 3 is 2.30 bits per heavy atom. The summed E-state index contributed by atoms with van der Waals surface area (Å²) in [6.07, 6.45) is 0. The Morgan fingerprint density at radius 1 is 1.20 bits per heavy atom. The van der Waals surface area contributed by atoms with Crippen molar-refractivity contribution in [1.29, 1.82) is 0 Å². The van der Waals surface area contributed by atoms with E-state index in [9.17, 15) is 4.79 Å². The molecule has 0 aromatic heterocycles. The predicted octanol–water partition coefficient (Wildman–Crippen LogP) is 1.75. The van der Waals surface area contributed by atoms with E-state index < -0.39 is 0 Å². The zero-order valence-electron chi connectivity index (χ0n) is 13.1. The summed E-state index contributed by atoms with van der Waals surface area (Å²) in [6, 6.07) is 9.85. The van der Waals surface area contributed by atoms with Crippen LogP contribution in [0.25, 0.3) is 0 Å². The van der Waals surface area contributed by atoms with E-state index in [4.69, 9.17) is 0 Å². The smallest absolute Gasteiger partial charge is 0.244 e. The topological polar surface area (TPSA) is 35.6 Å². The molecule has 0 saturated carbocycles. The number of likely N-dealkylation sites (N-methyl/N-ethyl adjacent to an activating group) is 3. The Morgan fingerprint density at radius 2 is 1.80 bits per heavy atom. The minimum Gasteiger partial charge on any atom is -0.343 e. The van der Waals surface area contributed by atoms with Crippen LogP contribution >= 0.6 is 0 Å². The van der Waals surface area contributed by atoms with Crippen molar-refractivity contribution in [1.82, 2.24) is 15.1 Å². The number of hydrogen-bond acceptors (Lipinski definition) is 3. The molecular weight excluding hydrogens is 250 g/mol. The van der Waals surface area contributed by atoms with E-state index >= 15 is 0 Å². The highest BCUT2D eigenvalue weighted by atomic mass is 16.2. The van der Waals surface area contributed by atoms with Gasteiger partial charge in [-0.15, -0.1) is 0 Å². The predicted molar refractivity (Wildman–Crippen MR) is 83.7 cm³/mol. The largest absolute Gasteiger partial charge is 0.343 e. The molecule has 1 rings (SSSR count). The first-order valence-electron chi connectivity index (χ1n) is 7.34. The number of rotatable bonds is 8. The summed E-state index contributed by atoms with van der Waals surface area (Å²) in [5.41, 5.74) is 1.07. The Balaban J connectivity index is 2.96. The van der Waals surface area contributed by atoms with Crippen LogP contribution in [0.1, 0.15) is 25.5 Å². The maximum atomic E-state index is 12.8. The molecule has 1 unspecified atom stereocenters. The van der Waals surface area contributed by atoms with Crippen LogP contribution in [0.5, 0.6) is 0 Å². The van der Waals surface area contributed by atoms with E-state index in [1.54, 1.807) is 0 Å². The van der Waals surface area contributed by atoms with Crippen molar-refractivity contribution in [2.75, 3.05) is 40.3 Å². The minimum atomic E-state index is -0.187. The molecule has 1 aromatic rings. The van der Waals surface area contributed by atoms with E-state index in [0.29, 0.717) is 0 Å². The van der Waals surface area contributed by atoms with E-state index in [-0.39, 0.29) is 11.9 Å². The SMILES string of the molecule is CCN(CC)C(C(=O)N(C)CCNC)c1ccccc1. The number of nitrogens with one attached hydrogen (secondary N) is 1. The average Bonchev–Trinajstić information content (AvgIpc) is 2.50. The van der Waals surface area contributed by atoms with Gasteiger partial charge in [0.2, 0.25) is 5.91 Å². The standard InChI is InChI=1S/C16H27N3O/c1-5-19(6-2)15(14-10-8-7-9-11-14)16(20)18(4)13-12-17-3/h7-11,15,17H,5-6,12-13H2,1-4H3. The third-order valence-electron chi connectivity index (χ3n) is 3.60. The molecule has 0 bridgehead atoms. The van der Waals surface area contributed by atoms with Crippen LogP contribution in [0.3, 0.4) is 0 Å². The highest BCUT2D eigenvalue weighted by molar-refractivity contribution is 5.83. The molecular formula is C16H27N3O. The zero-order chi connectivity index (χ0) is 15.0. The van der Waals surface area contributed by atoms with Gasteiger partial charge in [0.25, 0.3) is 0 Å². The van der Waals surface area contributed by atoms with Gasteiger partial charge in [-0.3, -0.25) is 9.69 Å². The molecule has 0 heterocycles.